The molecule has 4 unspecified atom stereocenters. The van der Waals surface area contributed by atoms with Crippen molar-refractivity contribution in [3.05, 3.63) is 35.4 Å². The predicted molar refractivity (Wildman–Crippen MR) is 80.8 cm³/mol. The Hall–Kier alpha value is -0.960. The van der Waals surface area contributed by atoms with Gasteiger partial charge in [-0.2, -0.15) is 0 Å². The van der Waals surface area contributed by atoms with E-state index in [4.69, 9.17) is 5.73 Å². The van der Waals surface area contributed by atoms with Crippen molar-refractivity contribution in [3.63, 3.8) is 0 Å². The third kappa shape index (κ3) is 3.28. The maximum absolute atomic E-state index is 13.8. The van der Waals surface area contributed by atoms with Crippen LogP contribution >= 0.6 is 0 Å². The van der Waals surface area contributed by atoms with Crippen LogP contribution in [0.3, 0.4) is 0 Å². The third-order valence-electron chi connectivity index (χ3n) is 5.69. The van der Waals surface area contributed by atoms with Crippen LogP contribution < -0.4 is 5.73 Å². The molecular weight excluding hydrogens is 268 g/mol. The van der Waals surface area contributed by atoms with Gasteiger partial charge in [0.1, 0.15) is 11.6 Å². The van der Waals surface area contributed by atoms with Gasteiger partial charge in [-0.3, -0.25) is 0 Å². The molecule has 0 heterocycles. The van der Waals surface area contributed by atoms with E-state index in [2.05, 4.69) is 0 Å². The number of hydrogen-bond acceptors (Lipinski definition) is 1. The SMILES string of the molecule is NC(Cc1c(F)cccc1F)C1CCC2CCCCC2C1. The number of hydrogen-bond donors (Lipinski definition) is 1. The first-order chi connectivity index (χ1) is 10.1. The Morgan fingerprint density at radius 3 is 2.38 bits per heavy atom. The lowest BCUT2D eigenvalue weighted by Crippen LogP contribution is -2.39. The van der Waals surface area contributed by atoms with Crippen LogP contribution in [0, 0.1) is 29.4 Å². The summed E-state index contributed by atoms with van der Waals surface area (Å²) in [6.07, 6.45) is 9.25. The molecule has 4 atom stereocenters. The molecular formula is C18H25F2N. The molecule has 0 aliphatic heterocycles. The summed E-state index contributed by atoms with van der Waals surface area (Å²) in [6.45, 7) is 0. The number of halogens is 2. The van der Waals surface area contributed by atoms with E-state index in [-0.39, 0.29) is 11.6 Å². The molecule has 0 amide bonds. The molecule has 0 spiro atoms. The molecule has 21 heavy (non-hydrogen) atoms. The van der Waals surface area contributed by atoms with Crippen LogP contribution in [0.15, 0.2) is 18.2 Å². The van der Waals surface area contributed by atoms with Crippen molar-refractivity contribution in [1.29, 1.82) is 0 Å². The maximum atomic E-state index is 13.8. The Labute approximate surface area is 125 Å². The molecule has 1 aromatic rings. The van der Waals surface area contributed by atoms with Crippen molar-refractivity contribution in [2.75, 3.05) is 0 Å². The Balaban J connectivity index is 1.64. The predicted octanol–water partition coefficient (Wildman–Crippen LogP) is 4.44. The van der Waals surface area contributed by atoms with Gasteiger partial charge in [0, 0.05) is 11.6 Å². The highest BCUT2D eigenvalue weighted by Gasteiger charge is 2.34. The molecule has 3 rings (SSSR count). The lowest BCUT2D eigenvalue weighted by Gasteiger charge is -2.41. The minimum absolute atomic E-state index is 0.126. The van der Waals surface area contributed by atoms with Gasteiger partial charge in [0.05, 0.1) is 0 Å². The summed E-state index contributed by atoms with van der Waals surface area (Å²) in [5.74, 6) is 1.18. The molecule has 2 N–H and O–H groups in total. The largest absolute Gasteiger partial charge is 0.327 e. The highest BCUT2D eigenvalue weighted by molar-refractivity contribution is 5.21. The first-order valence-corrected chi connectivity index (χ1v) is 8.33. The Morgan fingerprint density at radius 2 is 1.67 bits per heavy atom. The van der Waals surface area contributed by atoms with Crippen molar-refractivity contribution in [3.8, 4) is 0 Å². The molecule has 1 aromatic carbocycles. The zero-order valence-corrected chi connectivity index (χ0v) is 12.5. The van der Waals surface area contributed by atoms with Gasteiger partial charge in [0.25, 0.3) is 0 Å². The summed E-state index contributed by atoms with van der Waals surface area (Å²) in [5.41, 5.74) is 6.47. The normalized spacial score (nSPS) is 30.7. The van der Waals surface area contributed by atoms with E-state index in [9.17, 15) is 8.78 Å². The average Bonchev–Trinajstić information content (AvgIpc) is 2.50. The fraction of sp³-hybridized carbons (Fsp3) is 0.667. The van der Waals surface area contributed by atoms with Gasteiger partial charge >= 0.3 is 0 Å². The van der Waals surface area contributed by atoms with Crippen LogP contribution in [0.2, 0.25) is 0 Å². The third-order valence-corrected chi connectivity index (χ3v) is 5.69. The number of fused-ring (bicyclic) bond motifs is 1. The van der Waals surface area contributed by atoms with E-state index in [0.717, 1.165) is 24.7 Å². The minimum atomic E-state index is -0.461. The van der Waals surface area contributed by atoms with Gasteiger partial charge in [-0.05, 0) is 55.6 Å². The van der Waals surface area contributed by atoms with Crippen LogP contribution in [0.5, 0.6) is 0 Å². The fourth-order valence-electron chi connectivity index (χ4n) is 4.43. The van der Waals surface area contributed by atoms with Crippen LogP contribution in [0.1, 0.15) is 50.5 Å². The molecule has 2 saturated carbocycles. The molecule has 3 heteroatoms. The van der Waals surface area contributed by atoms with Gasteiger partial charge in [-0.25, -0.2) is 8.78 Å². The van der Waals surface area contributed by atoms with Crippen molar-refractivity contribution in [2.45, 2.75) is 57.4 Å². The Bertz CT molecular complexity index is 468. The molecule has 0 bridgehead atoms. The number of rotatable bonds is 3. The van der Waals surface area contributed by atoms with Crippen LogP contribution in [0.4, 0.5) is 8.78 Å². The zero-order valence-electron chi connectivity index (χ0n) is 12.5. The second-order valence-electron chi connectivity index (χ2n) is 6.95. The molecule has 2 aliphatic carbocycles. The second kappa shape index (κ2) is 6.43. The smallest absolute Gasteiger partial charge is 0.129 e. The van der Waals surface area contributed by atoms with Crippen LogP contribution in [0.25, 0.3) is 0 Å². The second-order valence-corrected chi connectivity index (χ2v) is 6.95. The first-order valence-electron chi connectivity index (χ1n) is 8.33. The van der Waals surface area contributed by atoms with Gasteiger partial charge in [-0.1, -0.05) is 31.7 Å². The standard InChI is InChI=1S/C18H25F2N/c19-16-6-3-7-17(20)15(16)11-18(21)14-9-8-12-4-1-2-5-13(12)10-14/h3,6-7,12-14,18H,1-2,4-5,8-11,21H2. The monoisotopic (exact) mass is 293 g/mol. The summed E-state index contributed by atoms with van der Waals surface area (Å²) in [6, 6.07) is 3.93. The summed E-state index contributed by atoms with van der Waals surface area (Å²) in [5, 5.41) is 0. The molecule has 116 valence electrons. The quantitative estimate of drug-likeness (QED) is 0.876. The first kappa shape index (κ1) is 15.0. The lowest BCUT2D eigenvalue weighted by molar-refractivity contribution is 0.117. The molecule has 2 fully saturated rings. The topological polar surface area (TPSA) is 26.0 Å². The van der Waals surface area contributed by atoms with Crippen molar-refractivity contribution in [2.24, 2.45) is 23.5 Å². The number of nitrogens with two attached hydrogens (primary N) is 1. The van der Waals surface area contributed by atoms with E-state index in [1.54, 1.807) is 0 Å². The molecule has 0 saturated heterocycles. The minimum Gasteiger partial charge on any atom is -0.327 e. The zero-order chi connectivity index (χ0) is 14.8. The molecule has 2 aliphatic rings. The van der Waals surface area contributed by atoms with Crippen molar-refractivity contribution in [1.82, 2.24) is 0 Å². The maximum Gasteiger partial charge on any atom is 0.129 e. The highest BCUT2D eigenvalue weighted by atomic mass is 19.1. The van der Waals surface area contributed by atoms with E-state index >= 15 is 0 Å². The van der Waals surface area contributed by atoms with E-state index in [1.165, 1.54) is 50.3 Å². The summed E-state index contributed by atoms with van der Waals surface area (Å²) in [4.78, 5) is 0. The Morgan fingerprint density at radius 1 is 1.00 bits per heavy atom. The van der Waals surface area contributed by atoms with Gasteiger partial charge in [0.2, 0.25) is 0 Å². The van der Waals surface area contributed by atoms with Crippen LogP contribution in [-0.2, 0) is 6.42 Å². The summed E-state index contributed by atoms with van der Waals surface area (Å²) >= 11 is 0. The summed E-state index contributed by atoms with van der Waals surface area (Å²) in [7, 11) is 0. The van der Waals surface area contributed by atoms with Crippen molar-refractivity contribution >= 4 is 0 Å². The number of benzene rings is 1. The lowest BCUT2D eigenvalue weighted by atomic mass is 9.66. The van der Waals surface area contributed by atoms with E-state index < -0.39 is 11.6 Å². The highest BCUT2D eigenvalue weighted by Crippen LogP contribution is 2.43. The Kier molecular flexibility index (Phi) is 4.58. The van der Waals surface area contributed by atoms with E-state index in [0.29, 0.717) is 12.3 Å². The molecule has 0 radical (unpaired) electrons. The van der Waals surface area contributed by atoms with Gasteiger partial charge in [-0.15, -0.1) is 0 Å². The molecule has 1 nitrogen and oxygen atoms in total. The van der Waals surface area contributed by atoms with E-state index in [1.807, 2.05) is 0 Å². The fourth-order valence-corrected chi connectivity index (χ4v) is 4.43. The van der Waals surface area contributed by atoms with Crippen molar-refractivity contribution < 1.29 is 8.78 Å². The average molecular weight is 293 g/mol. The summed E-state index contributed by atoms with van der Waals surface area (Å²) < 4.78 is 27.5. The van der Waals surface area contributed by atoms with Gasteiger partial charge < -0.3 is 5.73 Å². The van der Waals surface area contributed by atoms with Gasteiger partial charge in [0.15, 0.2) is 0 Å². The molecule has 0 aromatic heterocycles. The van der Waals surface area contributed by atoms with Crippen LogP contribution in [-0.4, -0.2) is 6.04 Å².